The molecule has 8 heteroatoms. The Morgan fingerprint density at radius 2 is 1.81 bits per heavy atom. The number of benzene rings is 2. The molecular weight excluding hydrogens is 399 g/mol. The Labute approximate surface area is 180 Å². The molecule has 2 amide bonds. The summed E-state index contributed by atoms with van der Waals surface area (Å²) in [5.74, 6) is -1.59. The van der Waals surface area contributed by atoms with Crippen molar-refractivity contribution < 1.29 is 19.1 Å². The summed E-state index contributed by atoms with van der Waals surface area (Å²) in [7, 11) is 1.52. The Hall–Kier alpha value is -3.26. The topological polar surface area (TPSA) is 108 Å². The van der Waals surface area contributed by atoms with Gasteiger partial charge in [0.05, 0.1) is 5.41 Å². The van der Waals surface area contributed by atoms with Gasteiger partial charge in [0, 0.05) is 18.3 Å². The molecule has 3 rings (SSSR count). The Morgan fingerprint density at radius 3 is 2.42 bits per heavy atom. The van der Waals surface area contributed by atoms with Gasteiger partial charge in [-0.25, -0.2) is 9.38 Å². The van der Waals surface area contributed by atoms with Crippen LogP contribution < -0.4 is 11.1 Å². The maximum absolute atomic E-state index is 14.9. The molecule has 0 spiro atoms. The van der Waals surface area contributed by atoms with E-state index in [2.05, 4.69) is 10.3 Å². The second-order valence-electron chi connectivity index (χ2n) is 8.62. The number of aliphatic hydroxyl groups is 1. The van der Waals surface area contributed by atoms with Crippen LogP contribution >= 0.6 is 0 Å². The molecule has 0 saturated heterocycles. The summed E-state index contributed by atoms with van der Waals surface area (Å²) in [4.78, 5) is 31.3. The quantitative estimate of drug-likeness (QED) is 0.699. The fourth-order valence-electron chi connectivity index (χ4n) is 3.69. The van der Waals surface area contributed by atoms with Crippen molar-refractivity contribution >= 4 is 23.5 Å². The molecule has 1 unspecified atom stereocenters. The largest absolute Gasteiger partial charge is 0.376 e. The number of aliphatic imine (C=N–C) groups is 1. The molecule has 0 aromatic heterocycles. The van der Waals surface area contributed by atoms with Gasteiger partial charge in [0.15, 0.2) is 11.6 Å². The molecule has 164 valence electrons. The number of anilines is 1. The van der Waals surface area contributed by atoms with E-state index in [-0.39, 0.29) is 23.1 Å². The average Bonchev–Trinajstić information content (AvgIpc) is 2.73. The van der Waals surface area contributed by atoms with Crippen molar-refractivity contribution in [2.24, 2.45) is 16.1 Å². The molecule has 2 atom stereocenters. The van der Waals surface area contributed by atoms with Crippen LogP contribution in [0.4, 0.5) is 10.1 Å². The first kappa shape index (κ1) is 22.4. The predicted octanol–water partition coefficient (Wildman–Crippen LogP) is 2.70. The minimum atomic E-state index is -1.80. The zero-order valence-corrected chi connectivity index (χ0v) is 18.2. The van der Waals surface area contributed by atoms with Crippen molar-refractivity contribution in [2.75, 3.05) is 12.4 Å². The number of rotatable bonds is 4. The van der Waals surface area contributed by atoms with Gasteiger partial charge in [-0.1, -0.05) is 30.3 Å². The first-order chi connectivity index (χ1) is 14.3. The Morgan fingerprint density at radius 1 is 1.19 bits per heavy atom. The highest BCUT2D eigenvalue weighted by Gasteiger charge is 2.53. The van der Waals surface area contributed by atoms with Crippen molar-refractivity contribution in [1.29, 1.82) is 0 Å². The molecule has 1 aliphatic rings. The molecular formula is C23H27FN4O3. The first-order valence-electron chi connectivity index (χ1n) is 9.85. The number of nitrogens with one attached hydrogen (secondary N) is 1. The number of nitrogens with zero attached hydrogens (tertiary/aromatic N) is 2. The van der Waals surface area contributed by atoms with Crippen molar-refractivity contribution in [3.8, 4) is 0 Å². The highest BCUT2D eigenvalue weighted by molar-refractivity contribution is 6.02. The summed E-state index contributed by atoms with van der Waals surface area (Å²) in [5.41, 5.74) is 2.49. The van der Waals surface area contributed by atoms with E-state index in [1.165, 1.54) is 37.1 Å². The fraction of sp³-hybridized carbons (Fsp3) is 0.348. The van der Waals surface area contributed by atoms with Gasteiger partial charge in [-0.2, -0.15) is 0 Å². The van der Waals surface area contributed by atoms with E-state index >= 15 is 0 Å². The number of hydrogen-bond donors (Lipinski definition) is 3. The molecule has 1 heterocycles. The second-order valence-corrected chi connectivity index (χ2v) is 8.62. The minimum Gasteiger partial charge on any atom is -0.376 e. The van der Waals surface area contributed by atoms with Crippen LogP contribution in [0.2, 0.25) is 0 Å². The predicted molar refractivity (Wildman–Crippen MR) is 117 cm³/mol. The zero-order valence-electron chi connectivity index (χ0n) is 18.2. The minimum absolute atomic E-state index is 0.0207. The lowest BCUT2D eigenvalue weighted by Crippen LogP contribution is -2.58. The summed E-state index contributed by atoms with van der Waals surface area (Å²) >= 11 is 0. The number of hydrogen-bond acceptors (Lipinski definition) is 5. The SMILES string of the molecule is CN1C(=O)C(C)(C)[C@@](C)(c2cc(NC(=O)C(C)(O)c3ccccc3)ccc2F)N=C1N. The summed E-state index contributed by atoms with van der Waals surface area (Å²) in [6.07, 6.45) is 0. The van der Waals surface area contributed by atoms with Crippen molar-refractivity contribution in [2.45, 2.75) is 38.8 Å². The van der Waals surface area contributed by atoms with Crippen molar-refractivity contribution in [3.63, 3.8) is 0 Å². The summed E-state index contributed by atoms with van der Waals surface area (Å²) < 4.78 is 14.9. The van der Waals surface area contributed by atoms with Crippen LogP contribution in [0.1, 0.15) is 38.8 Å². The Balaban J connectivity index is 2.01. The standard InChI is InChI=1S/C23H27FN4O3/c1-21(2)19(30)28(5)20(25)27-23(21,4)16-13-15(11-12-17(16)24)26-18(29)22(3,31)14-9-7-6-8-10-14/h6-13,31H,1-5H3,(H2,25,27)(H,26,29)/t22?,23-/m1/s1. The molecule has 0 bridgehead atoms. The second kappa shape index (κ2) is 7.46. The summed E-state index contributed by atoms with van der Waals surface area (Å²) in [6.45, 7) is 6.36. The van der Waals surface area contributed by atoms with E-state index in [4.69, 9.17) is 5.73 Å². The maximum Gasteiger partial charge on any atom is 0.260 e. The number of carbonyl (C=O) groups excluding carboxylic acids is 2. The smallest absolute Gasteiger partial charge is 0.260 e. The molecule has 2 aromatic carbocycles. The third-order valence-corrected chi connectivity index (χ3v) is 6.26. The van der Waals surface area contributed by atoms with E-state index in [1.807, 2.05) is 0 Å². The molecule has 4 N–H and O–H groups in total. The van der Waals surface area contributed by atoms with Crippen LogP contribution in [0.3, 0.4) is 0 Å². The third-order valence-electron chi connectivity index (χ3n) is 6.26. The van der Waals surface area contributed by atoms with Crippen LogP contribution in [0, 0.1) is 11.2 Å². The Bertz CT molecular complexity index is 1070. The molecule has 0 aliphatic carbocycles. The van der Waals surface area contributed by atoms with Gasteiger partial charge in [0.1, 0.15) is 11.4 Å². The van der Waals surface area contributed by atoms with Gasteiger partial charge >= 0.3 is 0 Å². The maximum atomic E-state index is 14.9. The normalized spacial score (nSPS) is 22.5. The lowest BCUT2D eigenvalue weighted by molar-refractivity contribution is -0.140. The van der Waals surface area contributed by atoms with E-state index in [0.29, 0.717) is 5.56 Å². The van der Waals surface area contributed by atoms with Gasteiger partial charge in [-0.15, -0.1) is 0 Å². The first-order valence-corrected chi connectivity index (χ1v) is 9.85. The van der Waals surface area contributed by atoms with E-state index in [0.717, 1.165) is 0 Å². The highest BCUT2D eigenvalue weighted by atomic mass is 19.1. The number of carbonyl (C=O) groups is 2. The van der Waals surface area contributed by atoms with Gasteiger partial charge in [-0.3, -0.25) is 14.5 Å². The zero-order chi connectivity index (χ0) is 23.2. The van der Waals surface area contributed by atoms with Gasteiger partial charge in [0.2, 0.25) is 5.91 Å². The Kier molecular flexibility index (Phi) is 5.40. The van der Waals surface area contributed by atoms with Crippen LogP contribution in [-0.2, 0) is 20.7 Å². The lowest BCUT2D eigenvalue weighted by Gasteiger charge is -2.46. The molecule has 1 aliphatic heterocycles. The average molecular weight is 426 g/mol. The van der Waals surface area contributed by atoms with Crippen LogP contribution in [-0.4, -0.2) is 34.8 Å². The fourth-order valence-corrected chi connectivity index (χ4v) is 3.69. The number of amides is 2. The molecule has 0 fully saturated rings. The molecule has 2 aromatic rings. The molecule has 7 nitrogen and oxygen atoms in total. The molecule has 0 radical (unpaired) electrons. The van der Waals surface area contributed by atoms with Crippen molar-refractivity contribution in [1.82, 2.24) is 4.90 Å². The van der Waals surface area contributed by atoms with Gasteiger partial charge in [0.25, 0.3) is 5.91 Å². The third kappa shape index (κ3) is 3.57. The summed E-state index contributed by atoms with van der Waals surface area (Å²) in [5, 5.41) is 13.4. The van der Waals surface area contributed by atoms with E-state index in [1.54, 1.807) is 51.1 Å². The van der Waals surface area contributed by atoms with Gasteiger partial charge < -0.3 is 16.2 Å². The lowest BCUT2D eigenvalue weighted by atomic mass is 9.67. The highest BCUT2D eigenvalue weighted by Crippen LogP contribution is 2.47. The van der Waals surface area contributed by atoms with Crippen LogP contribution in [0.25, 0.3) is 0 Å². The number of halogens is 1. The van der Waals surface area contributed by atoms with Crippen LogP contribution in [0.5, 0.6) is 0 Å². The van der Waals surface area contributed by atoms with Crippen LogP contribution in [0.15, 0.2) is 53.5 Å². The monoisotopic (exact) mass is 426 g/mol. The van der Waals surface area contributed by atoms with E-state index < -0.39 is 28.3 Å². The molecule has 0 saturated carbocycles. The molecule has 31 heavy (non-hydrogen) atoms. The van der Waals surface area contributed by atoms with Gasteiger partial charge in [-0.05, 0) is 51.5 Å². The van der Waals surface area contributed by atoms with Crippen molar-refractivity contribution in [3.05, 3.63) is 65.5 Å². The number of nitrogens with two attached hydrogens (primary N) is 1. The van der Waals surface area contributed by atoms with E-state index in [9.17, 15) is 19.1 Å². The number of guanidine groups is 1. The summed E-state index contributed by atoms with van der Waals surface area (Å²) in [6, 6.07) is 12.5.